The molecule has 0 atom stereocenters. The van der Waals surface area contributed by atoms with Crippen molar-refractivity contribution in [2.75, 3.05) is 40.1 Å². The van der Waals surface area contributed by atoms with Crippen LogP contribution in [0, 0.1) is 0 Å². The smallest absolute Gasteiger partial charge is 0.854 e. The van der Waals surface area contributed by atoms with Gasteiger partial charge in [0.1, 0.15) is 12.2 Å². The van der Waals surface area contributed by atoms with Gasteiger partial charge in [-0.05, 0) is 13.8 Å². The Hall–Kier alpha value is -0.485. The van der Waals surface area contributed by atoms with Crippen LogP contribution in [0.3, 0.4) is 0 Å². The van der Waals surface area contributed by atoms with E-state index in [2.05, 4.69) is 9.47 Å². The van der Waals surface area contributed by atoms with Crippen LogP contribution in [-0.4, -0.2) is 92.6 Å². The second-order valence-electron chi connectivity index (χ2n) is 6.61. The fourth-order valence-electron chi connectivity index (χ4n) is 0.993. The van der Waals surface area contributed by atoms with E-state index < -0.39 is 5.97 Å². The number of ketones is 1. The van der Waals surface area contributed by atoms with E-state index in [1.54, 1.807) is 6.92 Å². The van der Waals surface area contributed by atoms with Crippen LogP contribution in [0.4, 0.5) is 0 Å². The number of hydrogen-bond donors (Lipinski definition) is 0. The Morgan fingerprint density at radius 2 is 0.861 bits per heavy atom. The van der Waals surface area contributed by atoms with Gasteiger partial charge < -0.3 is 29.9 Å². The predicted molar refractivity (Wildman–Crippen MR) is 140 cm³/mol. The Labute approximate surface area is 242 Å². The summed E-state index contributed by atoms with van der Waals surface area (Å²) < 4.78 is 8.60. The van der Waals surface area contributed by atoms with E-state index in [4.69, 9.17) is 0 Å². The third-order valence-electron chi connectivity index (χ3n) is 2.98. The minimum Gasteiger partial charge on any atom is -0.854 e. The number of ether oxygens (including phenoxy) is 2. The molecular weight excluding hydrogens is 498 g/mol. The minimum absolute atomic E-state index is 0. The van der Waals surface area contributed by atoms with Gasteiger partial charge in [0.2, 0.25) is 0 Å². The van der Waals surface area contributed by atoms with Crippen molar-refractivity contribution in [2.45, 2.75) is 106 Å². The molecule has 0 aromatic heterocycles. The van der Waals surface area contributed by atoms with Gasteiger partial charge in [-0.2, -0.15) is 0 Å². The molecule has 36 heavy (non-hydrogen) atoms. The third-order valence-corrected chi connectivity index (χ3v) is 2.98. The van der Waals surface area contributed by atoms with E-state index in [0.29, 0.717) is 6.61 Å². The van der Waals surface area contributed by atoms with Crippen LogP contribution >= 0.6 is 0 Å². The minimum atomic E-state index is -0.440. The number of carbonyl (C=O) groups is 3. The van der Waals surface area contributed by atoms with Crippen LogP contribution in [0.1, 0.15) is 106 Å². The van der Waals surface area contributed by atoms with E-state index in [-0.39, 0.29) is 79.3 Å². The van der Waals surface area contributed by atoms with Crippen molar-refractivity contribution in [1.82, 2.24) is 0 Å². The standard InChI is InChI=1S/C6H10O3.4C4H9O.C3H6O2.2Al/c1-3-9-6(8)4-5(2)7;4*1-2-3-4-5;1-3(4)5-2;;/h3-4H2,1-2H3;4*2-4H2,1H3;1-2H3;;/q;4*-1;;2*+3. The average molecular weight is 551 g/mol. The van der Waals surface area contributed by atoms with Crippen molar-refractivity contribution < 1.29 is 44.3 Å². The molecule has 0 saturated carbocycles. The molecule has 0 aromatic rings. The Morgan fingerprint density at radius 3 is 0.944 bits per heavy atom. The molecule has 0 spiro atoms. The molecule has 0 aromatic carbocycles. The van der Waals surface area contributed by atoms with Crippen LogP contribution in [0.5, 0.6) is 0 Å². The van der Waals surface area contributed by atoms with Gasteiger partial charge in [-0.25, -0.2) is 0 Å². The maximum atomic E-state index is 10.4. The zero-order valence-corrected chi connectivity index (χ0v) is 26.5. The first-order valence-corrected chi connectivity index (χ1v) is 12.1. The number of Topliss-reactive ketones (excluding diaryl/α,β-unsaturated/α-hetero) is 1. The van der Waals surface area contributed by atoms with E-state index in [1.165, 1.54) is 21.0 Å². The predicted octanol–water partition coefficient (Wildman–Crippen LogP) is 0.534. The van der Waals surface area contributed by atoms with Gasteiger partial charge in [0, 0.05) is 6.92 Å². The molecule has 0 N–H and O–H groups in total. The van der Waals surface area contributed by atoms with Crippen molar-refractivity contribution in [1.29, 1.82) is 0 Å². The van der Waals surface area contributed by atoms with E-state index in [0.717, 1.165) is 51.4 Å². The molecule has 210 valence electrons. The monoisotopic (exact) mass is 550 g/mol. The van der Waals surface area contributed by atoms with Crippen LogP contribution in [-0.2, 0) is 23.9 Å². The van der Waals surface area contributed by atoms with Crippen LogP contribution in [0.25, 0.3) is 0 Å². The number of unbranched alkanes of at least 4 members (excludes halogenated alkanes) is 4. The topological polar surface area (TPSA) is 162 Å². The summed E-state index contributed by atoms with van der Waals surface area (Å²) in [7, 11) is 1.35. The first-order chi connectivity index (χ1) is 16.1. The Bertz CT molecular complexity index is 341. The summed E-state index contributed by atoms with van der Waals surface area (Å²) in [6.07, 6.45) is 7.35. The SMILES string of the molecule is CCCC[O-].CCCC[O-].CCCC[O-].CCCC[O-].CCOC(=O)CC(C)=O.COC(C)=O.[Al+3].[Al+3]. The number of rotatable bonds is 11. The first-order valence-electron chi connectivity index (χ1n) is 12.1. The van der Waals surface area contributed by atoms with Crippen molar-refractivity contribution in [3.63, 3.8) is 0 Å². The van der Waals surface area contributed by atoms with Crippen molar-refractivity contribution in [3.05, 3.63) is 0 Å². The van der Waals surface area contributed by atoms with Gasteiger partial charge >= 0.3 is 46.7 Å². The molecule has 0 fully saturated rings. The van der Waals surface area contributed by atoms with Crippen molar-refractivity contribution in [2.24, 2.45) is 0 Å². The summed E-state index contributed by atoms with van der Waals surface area (Å²) in [6, 6.07) is 0. The maximum Gasteiger partial charge on any atom is 3.00 e. The molecule has 0 aliphatic heterocycles. The molecule has 0 unspecified atom stereocenters. The van der Waals surface area contributed by atoms with Gasteiger partial charge in [0.15, 0.2) is 0 Å². The Kier molecular flexibility index (Phi) is 100. The Balaban J connectivity index is -0.0000000439. The summed E-state index contributed by atoms with van der Waals surface area (Å²) in [5.74, 6) is -0.844. The molecule has 9 nitrogen and oxygen atoms in total. The summed E-state index contributed by atoms with van der Waals surface area (Å²) in [4.78, 5) is 30.2. The first kappa shape index (κ1) is 55.9. The van der Waals surface area contributed by atoms with Gasteiger partial charge in [-0.15, -0.1) is 26.4 Å². The van der Waals surface area contributed by atoms with Gasteiger partial charge in [0.25, 0.3) is 0 Å². The number of methoxy groups -OCH3 is 1. The molecule has 0 aliphatic carbocycles. The van der Waals surface area contributed by atoms with E-state index in [9.17, 15) is 34.8 Å². The zero-order valence-electron chi connectivity index (χ0n) is 24.2. The second-order valence-corrected chi connectivity index (χ2v) is 6.61. The van der Waals surface area contributed by atoms with E-state index in [1.807, 2.05) is 27.7 Å². The summed E-state index contributed by atoms with van der Waals surface area (Å²) in [6.45, 7) is 13.2. The fourth-order valence-corrected chi connectivity index (χ4v) is 0.993. The normalized spacial score (nSPS) is 7.78. The van der Waals surface area contributed by atoms with Crippen molar-refractivity contribution in [3.8, 4) is 0 Å². The van der Waals surface area contributed by atoms with Crippen LogP contribution in [0.15, 0.2) is 0 Å². The second kappa shape index (κ2) is 64.5. The quantitative estimate of drug-likeness (QED) is 0.203. The molecule has 0 rings (SSSR count). The third kappa shape index (κ3) is 130. The Morgan fingerprint density at radius 1 is 0.611 bits per heavy atom. The average Bonchev–Trinajstić information content (AvgIpc) is 2.78. The zero-order chi connectivity index (χ0) is 28.0. The van der Waals surface area contributed by atoms with Gasteiger partial charge in [0.05, 0.1) is 13.7 Å². The number of carbonyl (C=O) groups excluding carboxylic acids is 3. The van der Waals surface area contributed by atoms with Crippen LogP contribution in [0.2, 0.25) is 0 Å². The molecule has 0 bridgehead atoms. The molecule has 0 aliphatic rings. The van der Waals surface area contributed by atoms with Crippen molar-refractivity contribution >= 4 is 52.4 Å². The fraction of sp³-hybridized carbons (Fsp3) is 0.880. The van der Waals surface area contributed by atoms with Crippen LogP contribution < -0.4 is 20.4 Å². The van der Waals surface area contributed by atoms with Gasteiger partial charge in [-0.3, -0.25) is 14.4 Å². The molecule has 0 saturated heterocycles. The largest absolute Gasteiger partial charge is 3.00 e. The summed E-state index contributed by atoms with van der Waals surface area (Å²) >= 11 is 0. The molecule has 0 amide bonds. The summed E-state index contributed by atoms with van der Waals surface area (Å²) in [5, 5.41) is 38.1. The molecule has 11 heteroatoms. The maximum absolute atomic E-state index is 10.4. The molecular formula is C25H52Al2O9+2. The summed E-state index contributed by atoms with van der Waals surface area (Å²) in [5.41, 5.74) is 0. The number of hydrogen-bond acceptors (Lipinski definition) is 9. The van der Waals surface area contributed by atoms with E-state index >= 15 is 0 Å². The molecule has 0 radical (unpaired) electrons. The number of esters is 2. The molecule has 0 heterocycles. The van der Waals surface area contributed by atoms with Gasteiger partial charge in [-0.1, -0.05) is 79.1 Å².